The number of nitrogens with zero attached hydrogens (tertiary/aromatic N) is 5. The molecule has 0 spiro atoms. The molecule has 1 aliphatic heterocycles. The molecule has 9 nitrogen and oxygen atoms in total. The Labute approximate surface area is 209 Å². The van der Waals surface area contributed by atoms with Crippen LogP contribution in [0.2, 0.25) is 5.02 Å². The van der Waals surface area contributed by atoms with E-state index in [9.17, 15) is 18.5 Å². The summed E-state index contributed by atoms with van der Waals surface area (Å²) in [5.41, 5.74) is 2.23. The second-order valence-electron chi connectivity index (χ2n) is 8.33. The van der Waals surface area contributed by atoms with Crippen molar-refractivity contribution < 1.29 is 17.9 Å². The van der Waals surface area contributed by atoms with Crippen molar-refractivity contribution in [2.75, 3.05) is 26.2 Å². The zero-order valence-electron chi connectivity index (χ0n) is 19.5. The van der Waals surface area contributed by atoms with E-state index in [4.69, 9.17) is 16.3 Å². The molecule has 182 valence electrons. The number of nitriles is 1. The van der Waals surface area contributed by atoms with Gasteiger partial charge in [0.2, 0.25) is 10.0 Å². The number of aromatic nitrogens is 2. The van der Waals surface area contributed by atoms with Gasteiger partial charge in [0.05, 0.1) is 17.3 Å². The second kappa shape index (κ2) is 9.70. The standard InChI is InChI=1S/C24H24ClN5O4S/c1-16-10-19(25)14-20(11-16)34-22-5-4-18(15-26)13-23(22)35(32,33)30-8-6-29(7-9-30)24(31)21-12-17(2)27-28(21)3/h4-5,10-14H,6-9H2,1-3H3. The minimum absolute atomic E-state index is 0.0922. The summed E-state index contributed by atoms with van der Waals surface area (Å²) in [4.78, 5) is 14.4. The van der Waals surface area contributed by atoms with Gasteiger partial charge in [0.1, 0.15) is 22.1 Å². The molecule has 1 saturated heterocycles. The third kappa shape index (κ3) is 5.17. The molecule has 0 radical (unpaired) electrons. The third-order valence-corrected chi connectivity index (χ3v) is 7.82. The number of rotatable bonds is 5. The third-order valence-electron chi connectivity index (χ3n) is 5.68. The van der Waals surface area contributed by atoms with Crippen LogP contribution in [0.3, 0.4) is 0 Å². The van der Waals surface area contributed by atoms with Crippen molar-refractivity contribution in [1.82, 2.24) is 19.0 Å². The lowest BCUT2D eigenvalue weighted by molar-refractivity contribution is 0.0686. The summed E-state index contributed by atoms with van der Waals surface area (Å²) in [6, 6.07) is 13.0. The van der Waals surface area contributed by atoms with Gasteiger partial charge in [0.25, 0.3) is 5.91 Å². The number of halogens is 1. The van der Waals surface area contributed by atoms with Crippen LogP contribution < -0.4 is 4.74 Å². The normalized spacial score (nSPS) is 14.5. The van der Waals surface area contributed by atoms with E-state index in [1.54, 1.807) is 43.1 Å². The van der Waals surface area contributed by atoms with Crippen molar-refractivity contribution in [1.29, 1.82) is 5.26 Å². The zero-order chi connectivity index (χ0) is 25.3. The monoisotopic (exact) mass is 513 g/mol. The lowest BCUT2D eigenvalue weighted by Gasteiger charge is -2.34. The van der Waals surface area contributed by atoms with Gasteiger partial charge in [-0.1, -0.05) is 11.6 Å². The molecule has 0 N–H and O–H groups in total. The van der Waals surface area contributed by atoms with Gasteiger partial charge in [-0.05, 0) is 61.9 Å². The molecular weight excluding hydrogens is 490 g/mol. The van der Waals surface area contributed by atoms with Gasteiger partial charge in [-0.3, -0.25) is 9.48 Å². The van der Waals surface area contributed by atoms with Crippen LogP contribution in [0.15, 0.2) is 47.4 Å². The van der Waals surface area contributed by atoms with E-state index in [1.165, 1.54) is 27.2 Å². The Morgan fingerprint density at radius 2 is 1.80 bits per heavy atom. The predicted molar refractivity (Wildman–Crippen MR) is 130 cm³/mol. The number of hydrogen-bond acceptors (Lipinski definition) is 6. The van der Waals surface area contributed by atoms with Crippen molar-refractivity contribution in [3.05, 3.63) is 70.0 Å². The fourth-order valence-electron chi connectivity index (χ4n) is 4.00. The van der Waals surface area contributed by atoms with Crippen molar-refractivity contribution in [3.63, 3.8) is 0 Å². The highest BCUT2D eigenvalue weighted by Gasteiger charge is 2.33. The molecule has 2 aromatic carbocycles. The zero-order valence-corrected chi connectivity index (χ0v) is 21.1. The van der Waals surface area contributed by atoms with E-state index in [1.807, 2.05) is 13.0 Å². The van der Waals surface area contributed by atoms with Gasteiger partial charge in [0, 0.05) is 38.2 Å². The predicted octanol–water partition coefficient (Wildman–Crippen LogP) is 3.50. The van der Waals surface area contributed by atoms with Crippen LogP contribution in [0.25, 0.3) is 0 Å². The topological polar surface area (TPSA) is 109 Å². The van der Waals surface area contributed by atoms with Crippen LogP contribution in [0.1, 0.15) is 27.3 Å². The molecule has 0 aliphatic carbocycles. The smallest absolute Gasteiger partial charge is 0.272 e. The van der Waals surface area contributed by atoms with Gasteiger partial charge in [-0.25, -0.2) is 8.42 Å². The number of sulfonamides is 1. The van der Waals surface area contributed by atoms with Gasteiger partial charge in [-0.2, -0.15) is 14.7 Å². The summed E-state index contributed by atoms with van der Waals surface area (Å²) in [6.45, 7) is 4.33. The van der Waals surface area contributed by atoms with E-state index in [2.05, 4.69) is 5.10 Å². The summed E-state index contributed by atoms with van der Waals surface area (Å²) in [5.74, 6) is 0.282. The number of benzene rings is 2. The Morgan fingerprint density at radius 1 is 1.09 bits per heavy atom. The van der Waals surface area contributed by atoms with E-state index < -0.39 is 10.0 Å². The highest BCUT2D eigenvalue weighted by molar-refractivity contribution is 7.89. The summed E-state index contributed by atoms with van der Waals surface area (Å²) >= 11 is 6.12. The number of carbonyl (C=O) groups excluding carboxylic acids is 1. The van der Waals surface area contributed by atoms with Crippen LogP contribution in [0, 0.1) is 25.2 Å². The van der Waals surface area contributed by atoms with Gasteiger partial charge >= 0.3 is 0 Å². The van der Waals surface area contributed by atoms with Gasteiger partial charge < -0.3 is 9.64 Å². The Hall–Kier alpha value is -3.39. The fraction of sp³-hybridized carbons (Fsp3) is 0.292. The largest absolute Gasteiger partial charge is 0.456 e. The second-order valence-corrected chi connectivity index (χ2v) is 10.7. The maximum absolute atomic E-state index is 13.6. The number of amides is 1. The van der Waals surface area contributed by atoms with Crippen molar-refractivity contribution in [2.24, 2.45) is 7.05 Å². The van der Waals surface area contributed by atoms with Crippen LogP contribution in [-0.2, 0) is 17.1 Å². The average Bonchev–Trinajstić information content (AvgIpc) is 3.16. The summed E-state index contributed by atoms with van der Waals surface area (Å²) < 4.78 is 35.9. The number of piperazine rings is 1. The molecule has 4 rings (SSSR count). The Kier molecular flexibility index (Phi) is 6.85. The lowest BCUT2D eigenvalue weighted by Crippen LogP contribution is -2.50. The summed E-state index contributed by atoms with van der Waals surface area (Å²) in [5, 5.41) is 14.0. The lowest BCUT2D eigenvalue weighted by atomic mass is 10.2. The Morgan fingerprint density at radius 3 is 2.40 bits per heavy atom. The van der Waals surface area contributed by atoms with Crippen LogP contribution in [0.5, 0.6) is 11.5 Å². The molecule has 11 heteroatoms. The average molecular weight is 514 g/mol. The van der Waals surface area contributed by atoms with Crippen LogP contribution in [0.4, 0.5) is 0 Å². The fourth-order valence-corrected chi connectivity index (χ4v) is 5.84. The minimum Gasteiger partial charge on any atom is -0.456 e. The molecule has 0 saturated carbocycles. The highest BCUT2D eigenvalue weighted by atomic mass is 35.5. The number of ether oxygens (including phenoxy) is 1. The number of carbonyl (C=O) groups is 1. The van der Waals surface area contributed by atoms with Crippen molar-refractivity contribution in [2.45, 2.75) is 18.7 Å². The first kappa shape index (κ1) is 24.7. The number of hydrogen-bond donors (Lipinski definition) is 0. The highest BCUT2D eigenvalue weighted by Crippen LogP contribution is 2.33. The molecule has 0 bridgehead atoms. The van der Waals surface area contributed by atoms with Gasteiger partial charge in [-0.15, -0.1) is 0 Å². The first-order chi connectivity index (χ1) is 16.6. The van der Waals surface area contributed by atoms with E-state index in [-0.39, 0.29) is 48.3 Å². The molecule has 1 fully saturated rings. The van der Waals surface area contributed by atoms with E-state index in [0.29, 0.717) is 16.5 Å². The van der Waals surface area contributed by atoms with Crippen molar-refractivity contribution in [3.8, 4) is 17.6 Å². The molecule has 2 heterocycles. The molecule has 0 unspecified atom stereocenters. The first-order valence-corrected chi connectivity index (χ1v) is 12.7. The SMILES string of the molecule is Cc1cc(Cl)cc(Oc2ccc(C#N)cc2S(=O)(=O)N2CCN(C(=O)c3cc(C)nn3C)CC2)c1. The molecule has 1 amide bonds. The molecule has 1 aromatic heterocycles. The van der Waals surface area contributed by atoms with E-state index >= 15 is 0 Å². The molecule has 1 aliphatic rings. The molecular formula is C24H24ClN5O4S. The number of aryl methyl sites for hydroxylation is 3. The van der Waals surface area contributed by atoms with Crippen LogP contribution >= 0.6 is 11.6 Å². The molecule has 0 atom stereocenters. The quantitative estimate of drug-likeness (QED) is 0.516. The molecule has 35 heavy (non-hydrogen) atoms. The van der Waals surface area contributed by atoms with Crippen LogP contribution in [-0.4, -0.2) is 59.5 Å². The summed E-state index contributed by atoms with van der Waals surface area (Å²) in [6.07, 6.45) is 0. The van der Waals surface area contributed by atoms with Gasteiger partial charge in [0.15, 0.2) is 0 Å². The molecule has 3 aromatic rings. The van der Waals surface area contributed by atoms with Crippen molar-refractivity contribution >= 4 is 27.5 Å². The summed E-state index contributed by atoms with van der Waals surface area (Å²) in [7, 11) is -2.31. The maximum atomic E-state index is 13.6. The Bertz CT molecular complexity index is 1420. The maximum Gasteiger partial charge on any atom is 0.272 e. The first-order valence-electron chi connectivity index (χ1n) is 10.9. The van der Waals surface area contributed by atoms with E-state index in [0.717, 1.165) is 11.3 Å². The Balaban J connectivity index is 1.58. The minimum atomic E-state index is -4.01.